The van der Waals surface area contributed by atoms with Crippen LogP contribution in [0, 0.1) is 7.14 Å². The number of fused-ring (bicyclic) bond motifs is 3. The zero-order chi connectivity index (χ0) is 14.2. The Bertz CT molecular complexity index is 887. The Morgan fingerprint density at radius 1 is 0.714 bits per heavy atom. The molecule has 0 atom stereocenters. The molecule has 0 aliphatic rings. The normalized spacial score (nSPS) is 11.5. The number of hydrogen-bond acceptors (Lipinski definition) is 0. The van der Waals surface area contributed by atoms with Gasteiger partial charge in [-0.2, -0.15) is 0 Å². The number of halogens is 2. The number of nitrogens with zero attached hydrogens (tertiary/aromatic N) is 1. The zero-order valence-electron chi connectivity index (χ0n) is 11.1. The Kier molecular flexibility index (Phi) is 3.62. The Labute approximate surface area is 147 Å². The average molecular weight is 496 g/mol. The fourth-order valence-corrected chi connectivity index (χ4v) is 6.48. The molecule has 1 aromatic heterocycles. The van der Waals surface area contributed by atoms with Crippen molar-refractivity contribution in [2.24, 2.45) is 0 Å². The van der Waals surface area contributed by atoms with Crippen LogP contribution in [-0.4, -0.2) is 2.78 Å². The van der Waals surface area contributed by atoms with Gasteiger partial charge in [0.05, 0.1) is 0 Å². The molecule has 3 aromatic carbocycles. The molecular weight excluding hydrogens is 484 g/mol. The van der Waals surface area contributed by atoms with E-state index >= 15 is 0 Å². The van der Waals surface area contributed by atoms with E-state index in [1.165, 1.54) is 28.9 Å². The second kappa shape index (κ2) is 5.61. The van der Waals surface area contributed by atoms with Crippen LogP contribution in [0.1, 0.15) is 0 Å². The number of benzene rings is 3. The predicted octanol–water partition coefficient (Wildman–Crippen LogP) is 2.12. The maximum atomic E-state index is 2.52. The van der Waals surface area contributed by atoms with Crippen LogP contribution >= 0.6 is 22.6 Å². The van der Waals surface area contributed by atoms with Crippen LogP contribution < -0.4 is 21.5 Å². The van der Waals surface area contributed by atoms with Crippen molar-refractivity contribution in [2.75, 3.05) is 0 Å². The molecule has 0 radical (unpaired) electrons. The van der Waals surface area contributed by atoms with Crippen molar-refractivity contribution in [2.45, 2.75) is 0 Å². The summed E-state index contributed by atoms with van der Waals surface area (Å²) in [5, 5.41) is 2.72. The summed E-state index contributed by atoms with van der Waals surface area (Å²) in [5.74, 6) is 0. The van der Waals surface area contributed by atoms with E-state index in [-0.39, 0.29) is 21.5 Å². The molecule has 0 aliphatic carbocycles. The van der Waals surface area contributed by atoms with Crippen LogP contribution in [-0.2, 0) is 0 Å². The second-order valence-electron chi connectivity index (χ2n) is 4.84. The Morgan fingerprint density at radius 3 is 1.95 bits per heavy atom. The molecule has 0 bridgehead atoms. The summed E-state index contributed by atoms with van der Waals surface area (Å²) in [6, 6.07) is 26.3. The Hall–Kier alpha value is -1.08. The molecule has 4 rings (SSSR count). The molecule has 0 saturated heterocycles. The van der Waals surface area contributed by atoms with Gasteiger partial charge in [-0.3, -0.25) is 0 Å². The first-order valence-corrected chi connectivity index (χ1v) is 9.84. The van der Waals surface area contributed by atoms with Gasteiger partial charge in [0.2, 0.25) is 0 Å². The van der Waals surface area contributed by atoms with Gasteiger partial charge < -0.3 is 0 Å². The molecule has 1 heterocycles. The topological polar surface area (TPSA) is 4.93 Å². The van der Waals surface area contributed by atoms with Gasteiger partial charge in [-0.1, -0.05) is 0 Å². The Balaban J connectivity index is 1.97. The van der Waals surface area contributed by atoms with E-state index in [1.807, 2.05) is 0 Å². The van der Waals surface area contributed by atoms with Crippen molar-refractivity contribution in [3.63, 3.8) is 0 Å². The summed E-state index contributed by atoms with van der Waals surface area (Å²) in [7, 11) is 0. The van der Waals surface area contributed by atoms with E-state index in [9.17, 15) is 0 Å². The van der Waals surface area contributed by atoms with Crippen molar-refractivity contribution in [1.29, 1.82) is 0 Å². The van der Waals surface area contributed by atoms with Gasteiger partial charge in [-0.05, 0) is 0 Å². The Morgan fingerprint density at radius 2 is 1.33 bits per heavy atom. The van der Waals surface area contributed by atoms with Crippen LogP contribution in [0.5, 0.6) is 0 Å². The molecule has 0 unspecified atom stereocenters. The quantitative estimate of drug-likeness (QED) is 0.375. The average Bonchev–Trinajstić information content (AvgIpc) is 2.83. The summed E-state index contributed by atoms with van der Waals surface area (Å²) >= 11 is 2.15. The second-order valence-corrected chi connectivity index (χ2v) is 8.78. The summed E-state index contributed by atoms with van der Waals surface area (Å²) in [4.78, 5) is 0. The van der Waals surface area contributed by atoms with Crippen molar-refractivity contribution in [3.05, 3.63) is 79.9 Å². The van der Waals surface area contributed by atoms with Crippen molar-refractivity contribution >= 4 is 44.4 Å². The van der Waals surface area contributed by atoms with Crippen LogP contribution in [0.3, 0.4) is 0 Å². The fourth-order valence-electron chi connectivity index (χ4n) is 2.58. The fraction of sp³-hybridized carbons (Fsp3) is 0. The molecule has 3 heteroatoms. The molecular formula is C18H12I2N-. The number of para-hydroxylation sites is 2. The number of hydrogen-bond donors (Lipinski definition) is 0. The minimum absolute atomic E-state index is 0.243. The summed E-state index contributed by atoms with van der Waals surface area (Å²) in [6.45, 7) is 0. The van der Waals surface area contributed by atoms with E-state index in [1.54, 1.807) is 0 Å². The van der Waals surface area contributed by atoms with E-state index in [0.29, 0.717) is 0 Å². The molecule has 0 amide bonds. The third-order valence-corrected chi connectivity index (χ3v) is 6.91. The minimum atomic E-state index is -0.243. The molecule has 0 spiro atoms. The SMILES string of the molecule is Ic1cccc([I-]n2c3ccccc3c3ccccc32)c1. The van der Waals surface area contributed by atoms with E-state index in [2.05, 4.69) is 98.2 Å². The van der Waals surface area contributed by atoms with Crippen LogP contribution in [0.25, 0.3) is 21.8 Å². The van der Waals surface area contributed by atoms with Gasteiger partial charge in [0, 0.05) is 0 Å². The van der Waals surface area contributed by atoms with Gasteiger partial charge >= 0.3 is 149 Å². The third kappa shape index (κ3) is 2.46. The molecule has 0 fully saturated rings. The molecule has 21 heavy (non-hydrogen) atoms. The summed E-state index contributed by atoms with van der Waals surface area (Å²) in [6.07, 6.45) is 0. The first-order chi connectivity index (χ1) is 10.3. The van der Waals surface area contributed by atoms with E-state index < -0.39 is 0 Å². The number of aromatic nitrogens is 1. The molecule has 0 aliphatic heterocycles. The monoisotopic (exact) mass is 496 g/mol. The van der Waals surface area contributed by atoms with Gasteiger partial charge in [-0.25, -0.2) is 0 Å². The molecule has 1 nitrogen and oxygen atoms in total. The van der Waals surface area contributed by atoms with Crippen molar-refractivity contribution in [1.82, 2.24) is 2.78 Å². The summed E-state index contributed by atoms with van der Waals surface area (Å²) < 4.78 is 5.28. The van der Waals surface area contributed by atoms with Gasteiger partial charge in [0.25, 0.3) is 0 Å². The van der Waals surface area contributed by atoms with E-state index in [0.717, 1.165) is 0 Å². The first-order valence-electron chi connectivity index (χ1n) is 6.72. The van der Waals surface area contributed by atoms with Crippen LogP contribution in [0.15, 0.2) is 72.8 Å². The van der Waals surface area contributed by atoms with Gasteiger partial charge in [-0.15, -0.1) is 0 Å². The first kappa shape index (κ1) is 13.6. The molecule has 4 aromatic rings. The summed E-state index contributed by atoms with van der Waals surface area (Å²) in [5.41, 5.74) is 2.70. The van der Waals surface area contributed by atoms with E-state index in [4.69, 9.17) is 0 Å². The predicted molar refractivity (Wildman–Crippen MR) is 92.7 cm³/mol. The molecule has 0 N–H and O–H groups in total. The molecule has 0 saturated carbocycles. The maximum absolute atomic E-state index is 2.52. The van der Waals surface area contributed by atoms with Gasteiger partial charge in [0.15, 0.2) is 0 Å². The van der Waals surface area contributed by atoms with Crippen LogP contribution in [0.2, 0.25) is 0 Å². The van der Waals surface area contributed by atoms with Crippen molar-refractivity contribution < 1.29 is 21.5 Å². The third-order valence-electron chi connectivity index (χ3n) is 3.49. The number of rotatable bonds is 2. The van der Waals surface area contributed by atoms with Crippen LogP contribution in [0.4, 0.5) is 0 Å². The zero-order valence-corrected chi connectivity index (χ0v) is 15.4. The van der Waals surface area contributed by atoms with Gasteiger partial charge in [0.1, 0.15) is 0 Å². The van der Waals surface area contributed by atoms with Crippen molar-refractivity contribution in [3.8, 4) is 0 Å². The molecule has 104 valence electrons. The standard InChI is InChI=1S/C18H12I2N/c19-13-6-5-7-14(12-13)20-21-17-10-3-1-8-15(17)16-9-2-4-11-18(16)21/h1-12H/q-1.